The molecular formula is C28H43N. The fraction of sp³-hybridized carbons (Fsp3) is 0.607. The first-order valence-electron chi connectivity index (χ1n) is 12.3. The second-order valence-electron chi connectivity index (χ2n) is 8.87. The van der Waals surface area contributed by atoms with E-state index < -0.39 is 0 Å². The van der Waals surface area contributed by atoms with Gasteiger partial charge in [-0.05, 0) is 53.5 Å². The average molecular weight is 394 g/mol. The molecule has 0 aliphatic rings. The lowest BCUT2D eigenvalue weighted by Crippen LogP contribution is -2.03. The molecule has 0 fully saturated rings. The molecule has 0 aliphatic heterocycles. The van der Waals surface area contributed by atoms with Crippen molar-refractivity contribution < 1.29 is 0 Å². The fourth-order valence-corrected chi connectivity index (χ4v) is 4.35. The molecule has 1 heterocycles. The third-order valence-electron chi connectivity index (χ3n) is 6.13. The molecule has 0 aliphatic carbocycles. The molecule has 29 heavy (non-hydrogen) atoms. The number of pyridine rings is 1. The van der Waals surface area contributed by atoms with E-state index in [1.807, 2.05) is 6.20 Å². The number of rotatable bonds is 15. The first-order valence-corrected chi connectivity index (χ1v) is 12.3. The van der Waals surface area contributed by atoms with Gasteiger partial charge in [0.1, 0.15) is 0 Å². The van der Waals surface area contributed by atoms with Crippen LogP contribution in [-0.4, -0.2) is 4.98 Å². The van der Waals surface area contributed by atoms with Gasteiger partial charge in [-0.25, -0.2) is 0 Å². The van der Waals surface area contributed by atoms with Crippen molar-refractivity contribution >= 4 is 0 Å². The third-order valence-corrected chi connectivity index (χ3v) is 6.13. The average Bonchev–Trinajstić information content (AvgIpc) is 2.74. The molecule has 1 aromatic carbocycles. The lowest BCUT2D eigenvalue weighted by atomic mass is 9.89. The molecule has 1 heteroatoms. The van der Waals surface area contributed by atoms with Gasteiger partial charge >= 0.3 is 0 Å². The molecular weight excluding hydrogens is 350 g/mol. The number of benzene rings is 1. The maximum absolute atomic E-state index is 4.47. The van der Waals surface area contributed by atoms with Crippen molar-refractivity contribution in [3.8, 4) is 11.1 Å². The van der Waals surface area contributed by atoms with Gasteiger partial charge in [0.25, 0.3) is 0 Å². The topological polar surface area (TPSA) is 12.9 Å². The van der Waals surface area contributed by atoms with Gasteiger partial charge < -0.3 is 0 Å². The number of hydrogen-bond acceptors (Lipinski definition) is 1. The Balaban J connectivity index is 2.01. The third kappa shape index (κ3) is 8.72. The van der Waals surface area contributed by atoms with Crippen LogP contribution in [0.15, 0.2) is 42.7 Å². The Labute approximate surface area is 180 Å². The molecule has 0 spiro atoms. The Kier molecular flexibility index (Phi) is 11.7. The molecule has 0 N–H and O–H groups in total. The van der Waals surface area contributed by atoms with Gasteiger partial charge in [-0.2, -0.15) is 0 Å². The smallest absolute Gasteiger partial charge is 0.0306 e. The number of aryl methyl sites for hydroxylation is 1. The van der Waals surface area contributed by atoms with Gasteiger partial charge in [0, 0.05) is 12.4 Å². The standard InChI is InChI=1S/C28H43N/c1-4-6-8-10-11-13-17-25-18-14-15-19-27(25)28-20-21-29-23-26(28)22-24(3)16-12-9-7-5-2/h14-15,18-21,23-24H,4-13,16-17,22H2,1-3H3. The summed E-state index contributed by atoms with van der Waals surface area (Å²) in [7, 11) is 0. The Hall–Kier alpha value is -1.63. The highest BCUT2D eigenvalue weighted by molar-refractivity contribution is 5.70. The van der Waals surface area contributed by atoms with Crippen molar-refractivity contribution in [1.29, 1.82) is 0 Å². The molecule has 0 radical (unpaired) electrons. The minimum absolute atomic E-state index is 0.723. The van der Waals surface area contributed by atoms with Crippen molar-refractivity contribution in [2.45, 2.75) is 104 Å². The molecule has 1 unspecified atom stereocenters. The summed E-state index contributed by atoms with van der Waals surface area (Å²) in [5.74, 6) is 0.723. The molecule has 1 atom stereocenters. The van der Waals surface area contributed by atoms with Crippen molar-refractivity contribution in [3.63, 3.8) is 0 Å². The molecule has 160 valence electrons. The van der Waals surface area contributed by atoms with Gasteiger partial charge in [0.15, 0.2) is 0 Å². The molecule has 0 amide bonds. The molecule has 0 bridgehead atoms. The first-order chi connectivity index (χ1) is 14.3. The highest BCUT2D eigenvalue weighted by Gasteiger charge is 2.12. The molecule has 1 aromatic heterocycles. The van der Waals surface area contributed by atoms with E-state index in [0.29, 0.717) is 0 Å². The minimum atomic E-state index is 0.723. The second-order valence-corrected chi connectivity index (χ2v) is 8.87. The van der Waals surface area contributed by atoms with Crippen LogP contribution in [0.3, 0.4) is 0 Å². The Bertz CT molecular complexity index is 676. The molecule has 2 rings (SSSR count). The maximum Gasteiger partial charge on any atom is 0.0306 e. The zero-order valence-corrected chi connectivity index (χ0v) is 19.3. The number of aromatic nitrogens is 1. The van der Waals surface area contributed by atoms with Crippen LogP contribution in [-0.2, 0) is 12.8 Å². The lowest BCUT2D eigenvalue weighted by molar-refractivity contribution is 0.487. The van der Waals surface area contributed by atoms with E-state index in [0.717, 1.165) is 12.3 Å². The number of unbranched alkanes of at least 4 members (excludes halogenated alkanes) is 8. The van der Waals surface area contributed by atoms with Gasteiger partial charge in [0.05, 0.1) is 0 Å². The van der Waals surface area contributed by atoms with E-state index >= 15 is 0 Å². The van der Waals surface area contributed by atoms with Gasteiger partial charge in [-0.1, -0.05) is 109 Å². The van der Waals surface area contributed by atoms with Gasteiger partial charge in [0.2, 0.25) is 0 Å². The SMILES string of the molecule is CCCCCCCCc1ccccc1-c1ccncc1CC(C)CCCCCC. The molecule has 0 saturated carbocycles. The van der Waals surface area contributed by atoms with Crippen LogP contribution < -0.4 is 0 Å². The van der Waals surface area contributed by atoms with E-state index in [2.05, 4.69) is 62.3 Å². The van der Waals surface area contributed by atoms with E-state index in [4.69, 9.17) is 0 Å². The lowest BCUT2D eigenvalue weighted by Gasteiger charge is -2.17. The summed E-state index contributed by atoms with van der Waals surface area (Å²) in [6.07, 6.45) is 21.3. The van der Waals surface area contributed by atoms with E-state index in [-0.39, 0.29) is 0 Å². The van der Waals surface area contributed by atoms with Crippen LogP contribution in [0.4, 0.5) is 0 Å². The van der Waals surface area contributed by atoms with Gasteiger partial charge in [-0.3, -0.25) is 4.98 Å². The van der Waals surface area contributed by atoms with E-state index in [9.17, 15) is 0 Å². The summed E-state index contributed by atoms with van der Waals surface area (Å²) < 4.78 is 0. The van der Waals surface area contributed by atoms with Crippen molar-refractivity contribution in [2.75, 3.05) is 0 Å². The Morgan fingerprint density at radius 2 is 1.38 bits per heavy atom. The van der Waals surface area contributed by atoms with Gasteiger partial charge in [-0.15, -0.1) is 0 Å². The Morgan fingerprint density at radius 1 is 0.724 bits per heavy atom. The molecule has 0 saturated heterocycles. The summed E-state index contributed by atoms with van der Waals surface area (Å²) in [6, 6.07) is 11.3. The minimum Gasteiger partial charge on any atom is -0.264 e. The number of nitrogens with zero attached hydrogens (tertiary/aromatic N) is 1. The largest absolute Gasteiger partial charge is 0.264 e. The molecule has 1 nitrogen and oxygen atoms in total. The normalized spacial score (nSPS) is 12.2. The van der Waals surface area contributed by atoms with Crippen LogP contribution in [0.25, 0.3) is 11.1 Å². The zero-order valence-electron chi connectivity index (χ0n) is 19.3. The second kappa shape index (κ2) is 14.4. The number of hydrogen-bond donors (Lipinski definition) is 0. The van der Waals surface area contributed by atoms with Crippen LogP contribution in [0.5, 0.6) is 0 Å². The Morgan fingerprint density at radius 3 is 2.17 bits per heavy atom. The van der Waals surface area contributed by atoms with Crippen LogP contribution in [0.1, 0.15) is 103 Å². The van der Waals surface area contributed by atoms with Crippen LogP contribution in [0.2, 0.25) is 0 Å². The predicted molar refractivity (Wildman–Crippen MR) is 128 cm³/mol. The van der Waals surface area contributed by atoms with Crippen LogP contribution in [0, 0.1) is 5.92 Å². The zero-order chi connectivity index (χ0) is 20.7. The van der Waals surface area contributed by atoms with Crippen LogP contribution >= 0.6 is 0 Å². The summed E-state index contributed by atoms with van der Waals surface area (Å²) in [6.45, 7) is 6.98. The van der Waals surface area contributed by atoms with Crippen molar-refractivity contribution in [2.24, 2.45) is 5.92 Å². The molecule has 2 aromatic rings. The first kappa shape index (κ1) is 23.6. The highest BCUT2D eigenvalue weighted by atomic mass is 14.6. The summed E-state index contributed by atoms with van der Waals surface area (Å²) in [5.41, 5.74) is 5.76. The van der Waals surface area contributed by atoms with E-state index in [1.54, 1.807) is 0 Å². The predicted octanol–water partition coefficient (Wildman–Crippen LogP) is 8.80. The van der Waals surface area contributed by atoms with Crippen molar-refractivity contribution in [1.82, 2.24) is 4.98 Å². The fourth-order valence-electron chi connectivity index (χ4n) is 4.35. The summed E-state index contributed by atoms with van der Waals surface area (Å²) in [5, 5.41) is 0. The maximum atomic E-state index is 4.47. The highest BCUT2D eigenvalue weighted by Crippen LogP contribution is 2.30. The monoisotopic (exact) mass is 393 g/mol. The summed E-state index contributed by atoms with van der Waals surface area (Å²) in [4.78, 5) is 4.47. The quantitative estimate of drug-likeness (QED) is 0.275. The summed E-state index contributed by atoms with van der Waals surface area (Å²) >= 11 is 0. The van der Waals surface area contributed by atoms with E-state index in [1.165, 1.54) is 99.3 Å². The van der Waals surface area contributed by atoms with Crippen molar-refractivity contribution in [3.05, 3.63) is 53.9 Å².